The summed E-state index contributed by atoms with van der Waals surface area (Å²) in [5.41, 5.74) is 2.10. The van der Waals surface area contributed by atoms with Crippen molar-refractivity contribution >= 4 is 29.3 Å². The van der Waals surface area contributed by atoms with Crippen LogP contribution in [0.5, 0.6) is 5.75 Å². The third-order valence-electron chi connectivity index (χ3n) is 6.30. The molecule has 3 rings (SSSR count). The summed E-state index contributed by atoms with van der Waals surface area (Å²) in [6.45, 7) is 8.34. The summed E-state index contributed by atoms with van der Waals surface area (Å²) >= 11 is 0. The number of carbonyl (C=O) groups is 3. The maximum absolute atomic E-state index is 13.4. The molecule has 1 aliphatic rings. The Morgan fingerprint density at radius 1 is 1.00 bits per heavy atom. The SMILES string of the molecule is CC(=O)OCCc1ccc(OCCOC(=O)C2=C(C)N=C(C)C(C(=O)OC(C)C)C2c2cccc([N+](=O)[O-])c2)cc1. The molecule has 11 heteroatoms. The highest BCUT2D eigenvalue weighted by atomic mass is 16.6. The molecule has 0 saturated carbocycles. The predicted molar refractivity (Wildman–Crippen MR) is 150 cm³/mol. The van der Waals surface area contributed by atoms with Gasteiger partial charge in [-0.15, -0.1) is 0 Å². The van der Waals surface area contributed by atoms with Gasteiger partial charge in [0.05, 0.1) is 23.2 Å². The Morgan fingerprint density at radius 3 is 2.34 bits per heavy atom. The molecule has 2 aromatic carbocycles. The van der Waals surface area contributed by atoms with Crippen LogP contribution in [0.15, 0.2) is 64.8 Å². The van der Waals surface area contributed by atoms with Gasteiger partial charge >= 0.3 is 17.9 Å². The van der Waals surface area contributed by atoms with E-state index < -0.39 is 34.8 Å². The van der Waals surface area contributed by atoms with Crippen molar-refractivity contribution < 1.29 is 38.3 Å². The molecule has 0 aromatic heterocycles. The highest BCUT2D eigenvalue weighted by molar-refractivity contribution is 6.07. The number of aliphatic imine (C=N–C) groups is 1. The zero-order chi connectivity index (χ0) is 30.1. The van der Waals surface area contributed by atoms with E-state index in [2.05, 4.69) is 4.99 Å². The summed E-state index contributed by atoms with van der Waals surface area (Å²) in [6.07, 6.45) is 0.161. The van der Waals surface area contributed by atoms with E-state index in [0.717, 1.165) is 5.56 Å². The molecule has 0 radical (unpaired) electrons. The fourth-order valence-corrected chi connectivity index (χ4v) is 4.54. The summed E-state index contributed by atoms with van der Waals surface area (Å²) in [5, 5.41) is 11.5. The van der Waals surface area contributed by atoms with Gasteiger partial charge in [0.15, 0.2) is 0 Å². The molecule has 11 nitrogen and oxygen atoms in total. The number of nitrogens with zero attached hydrogens (tertiary/aromatic N) is 2. The van der Waals surface area contributed by atoms with E-state index in [1.54, 1.807) is 45.9 Å². The van der Waals surface area contributed by atoms with Crippen molar-refractivity contribution in [2.45, 2.75) is 53.1 Å². The Labute approximate surface area is 238 Å². The van der Waals surface area contributed by atoms with Gasteiger partial charge in [-0.2, -0.15) is 0 Å². The van der Waals surface area contributed by atoms with Gasteiger partial charge in [-0.1, -0.05) is 24.3 Å². The smallest absolute Gasteiger partial charge is 0.336 e. The van der Waals surface area contributed by atoms with E-state index >= 15 is 0 Å². The topological polar surface area (TPSA) is 144 Å². The molecule has 0 bridgehead atoms. The number of ether oxygens (including phenoxy) is 4. The molecular weight excluding hydrogens is 532 g/mol. The number of allylic oxidation sites excluding steroid dienone is 1. The van der Waals surface area contributed by atoms with E-state index in [4.69, 9.17) is 18.9 Å². The molecule has 2 unspecified atom stereocenters. The van der Waals surface area contributed by atoms with Gasteiger partial charge in [0.1, 0.15) is 24.9 Å². The number of hydrogen-bond donors (Lipinski definition) is 0. The number of carbonyl (C=O) groups excluding carboxylic acids is 3. The normalized spacial score (nSPS) is 16.6. The molecule has 2 aromatic rings. The van der Waals surface area contributed by atoms with Crippen molar-refractivity contribution in [3.63, 3.8) is 0 Å². The summed E-state index contributed by atoms with van der Waals surface area (Å²) in [6, 6.07) is 13.0. The third kappa shape index (κ3) is 8.47. The number of nitro groups is 1. The minimum atomic E-state index is -0.971. The fourth-order valence-electron chi connectivity index (χ4n) is 4.54. The van der Waals surface area contributed by atoms with Crippen LogP contribution in [0.1, 0.15) is 51.7 Å². The first kappa shape index (κ1) is 31.0. The number of hydrogen-bond acceptors (Lipinski definition) is 10. The zero-order valence-electron chi connectivity index (χ0n) is 23.7. The lowest BCUT2D eigenvalue weighted by atomic mass is 9.75. The maximum atomic E-state index is 13.4. The molecule has 0 amide bonds. The largest absolute Gasteiger partial charge is 0.490 e. The molecule has 1 heterocycles. The van der Waals surface area contributed by atoms with E-state index in [0.29, 0.717) is 29.1 Å². The molecule has 0 aliphatic carbocycles. The molecule has 0 N–H and O–H groups in total. The van der Waals surface area contributed by atoms with E-state index in [1.807, 2.05) is 12.1 Å². The Hall–Kier alpha value is -4.54. The maximum Gasteiger partial charge on any atom is 0.336 e. The average Bonchev–Trinajstić information content (AvgIpc) is 2.90. The quantitative estimate of drug-likeness (QED) is 0.117. The van der Waals surface area contributed by atoms with Crippen molar-refractivity contribution in [2.75, 3.05) is 19.8 Å². The lowest BCUT2D eigenvalue weighted by Crippen LogP contribution is -2.37. The minimum Gasteiger partial charge on any atom is -0.490 e. The summed E-state index contributed by atoms with van der Waals surface area (Å²) in [5.74, 6) is -2.93. The van der Waals surface area contributed by atoms with Crippen molar-refractivity contribution in [3.05, 3.63) is 81.0 Å². The zero-order valence-corrected chi connectivity index (χ0v) is 23.7. The first-order chi connectivity index (χ1) is 19.5. The van der Waals surface area contributed by atoms with Crippen LogP contribution in [-0.4, -0.2) is 54.5 Å². The van der Waals surface area contributed by atoms with Crippen molar-refractivity contribution in [2.24, 2.45) is 10.9 Å². The van der Waals surface area contributed by atoms with Crippen LogP contribution in [0.3, 0.4) is 0 Å². The van der Waals surface area contributed by atoms with Gasteiger partial charge in [0.2, 0.25) is 0 Å². The van der Waals surface area contributed by atoms with Gasteiger partial charge in [-0.25, -0.2) is 4.79 Å². The standard InChI is InChI=1S/C30H34N2O9/c1-18(2)41-30(35)27-20(4)31-19(3)26(28(27)23-7-6-8-24(17-23)32(36)37)29(34)40-16-15-39-25-11-9-22(10-12-25)13-14-38-21(5)33/h6-12,17-18,27-28H,13-16H2,1-5H3. The van der Waals surface area contributed by atoms with Crippen molar-refractivity contribution in [1.82, 2.24) is 0 Å². The van der Waals surface area contributed by atoms with Crippen LogP contribution in [-0.2, 0) is 35.0 Å². The van der Waals surface area contributed by atoms with Gasteiger partial charge in [-0.05, 0) is 51.0 Å². The molecule has 0 spiro atoms. The number of esters is 3. The Kier molecular flexibility index (Phi) is 10.7. The van der Waals surface area contributed by atoms with E-state index in [1.165, 1.54) is 25.1 Å². The second-order valence-corrected chi connectivity index (χ2v) is 9.76. The first-order valence-corrected chi connectivity index (χ1v) is 13.2. The van der Waals surface area contributed by atoms with Gasteiger partial charge in [0, 0.05) is 42.8 Å². The lowest BCUT2D eigenvalue weighted by molar-refractivity contribution is -0.384. The number of rotatable bonds is 12. The second-order valence-electron chi connectivity index (χ2n) is 9.76. The third-order valence-corrected chi connectivity index (χ3v) is 6.30. The Morgan fingerprint density at radius 2 is 1.71 bits per heavy atom. The molecule has 41 heavy (non-hydrogen) atoms. The molecule has 218 valence electrons. The van der Waals surface area contributed by atoms with Crippen LogP contribution >= 0.6 is 0 Å². The highest BCUT2D eigenvalue weighted by Gasteiger charge is 2.43. The van der Waals surface area contributed by atoms with Crippen molar-refractivity contribution in [1.29, 1.82) is 0 Å². The average molecular weight is 567 g/mol. The lowest BCUT2D eigenvalue weighted by Gasteiger charge is -2.32. The molecule has 0 saturated heterocycles. The molecule has 2 atom stereocenters. The fraction of sp³-hybridized carbons (Fsp3) is 0.400. The first-order valence-electron chi connectivity index (χ1n) is 13.2. The van der Waals surface area contributed by atoms with Crippen LogP contribution < -0.4 is 4.74 Å². The van der Waals surface area contributed by atoms with Crippen LogP contribution in [0.4, 0.5) is 5.69 Å². The minimum absolute atomic E-state index is 0.0629. The monoisotopic (exact) mass is 566 g/mol. The molecule has 0 fully saturated rings. The van der Waals surface area contributed by atoms with Gasteiger partial charge in [-0.3, -0.25) is 24.7 Å². The van der Waals surface area contributed by atoms with Crippen LogP contribution in [0, 0.1) is 16.0 Å². The van der Waals surface area contributed by atoms with Crippen LogP contribution in [0.2, 0.25) is 0 Å². The van der Waals surface area contributed by atoms with Crippen molar-refractivity contribution in [3.8, 4) is 5.75 Å². The Balaban J connectivity index is 1.75. The Bertz CT molecular complexity index is 1350. The summed E-state index contributed by atoms with van der Waals surface area (Å²) < 4.78 is 21.6. The van der Waals surface area contributed by atoms with Gasteiger partial charge < -0.3 is 18.9 Å². The summed E-state index contributed by atoms with van der Waals surface area (Å²) in [4.78, 5) is 52.8. The van der Waals surface area contributed by atoms with E-state index in [9.17, 15) is 24.5 Å². The molecule has 1 aliphatic heterocycles. The molecular formula is C30H34N2O9. The van der Waals surface area contributed by atoms with E-state index in [-0.39, 0.29) is 37.1 Å². The number of nitro benzene ring substituents is 1. The summed E-state index contributed by atoms with van der Waals surface area (Å²) in [7, 11) is 0. The number of benzene rings is 2. The predicted octanol–water partition coefficient (Wildman–Crippen LogP) is 4.72. The van der Waals surface area contributed by atoms with Gasteiger partial charge in [0.25, 0.3) is 5.69 Å². The highest BCUT2D eigenvalue weighted by Crippen LogP contribution is 2.41. The number of non-ortho nitro benzene ring substituents is 1. The second kappa shape index (κ2) is 14.2. The van der Waals surface area contributed by atoms with Crippen LogP contribution in [0.25, 0.3) is 0 Å².